The van der Waals surface area contributed by atoms with Gasteiger partial charge in [-0.15, -0.1) is 0 Å². The van der Waals surface area contributed by atoms with Gasteiger partial charge in [-0.2, -0.15) is 0 Å². The van der Waals surface area contributed by atoms with Gasteiger partial charge in [0.2, 0.25) is 11.8 Å². The largest absolute Gasteiger partial charge is 0.464 e. The van der Waals surface area contributed by atoms with Crippen molar-refractivity contribution in [2.45, 2.75) is 64.2 Å². The van der Waals surface area contributed by atoms with E-state index in [2.05, 4.69) is 0 Å². The molecular formula is C16H23NO5. The summed E-state index contributed by atoms with van der Waals surface area (Å²) in [6, 6.07) is -0.773. The van der Waals surface area contributed by atoms with E-state index in [-0.39, 0.29) is 42.5 Å². The number of hydrogen-bond acceptors (Lipinski definition) is 5. The Labute approximate surface area is 130 Å². The van der Waals surface area contributed by atoms with Crippen LogP contribution in [0.2, 0.25) is 0 Å². The first-order chi connectivity index (χ1) is 10.6. The minimum atomic E-state index is -0.773. The molecule has 0 radical (unpaired) electrons. The maximum Gasteiger partial charge on any atom is 0.329 e. The van der Waals surface area contributed by atoms with Crippen LogP contribution in [0.1, 0.15) is 46.0 Å². The van der Waals surface area contributed by atoms with E-state index in [1.54, 1.807) is 6.92 Å². The zero-order chi connectivity index (χ0) is 15.9. The second-order valence-electron chi connectivity index (χ2n) is 6.30. The molecule has 0 N–H and O–H groups in total. The van der Waals surface area contributed by atoms with Crippen LogP contribution in [-0.4, -0.2) is 47.5 Å². The summed E-state index contributed by atoms with van der Waals surface area (Å²) in [5, 5.41) is 0. The molecule has 0 spiro atoms. The maximum absolute atomic E-state index is 12.7. The van der Waals surface area contributed by atoms with Crippen molar-refractivity contribution < 1.29 is 23.9 Å². The third-order valence-corrected chi connectivity index (χ3v) is 5.02. The van der Waals surface area contributed by atoms with E-state index in [9.17, 15) is 14.4 Å². The zero-order valence-electron chi connectivity index (χ0n) is 13.1. The lowest BCUT2D eigenvalue weighted by Crippen LogP contribution is -2.47. The Balaban J connectivity index is 1.83. The van der Waals surface area contributed by atoms with Gasteiger partial charge in [-0.3, -0.25) is 14.5 Å². The fourth-order valence-electron chi connectivity index (χ4n) is 4.03. The van der Waals surface area contributed by atoms with E-state index in [0.29, 0.717) is 6.42 Å². The van der Waals surface area contributed by atoms with Crippen LogP contribution in [0, 0.1) is 11.8 Å². The Morgan fingerprint density at radius 1 is 1.23 bits per heavy atom. The van der Waals surface area contributed by atoms with Gasteiger partial charge in [0.15, 0.2) is 0 Å². The first-order valence-electron chi connectivity index (χ1n) is 8.29. The van der Waals surface area contributed by atoms with Gasteiger partial charge >= 0.3 is 5.97 Å². The van der Waals surface area contributed by atoms with Gasteiger partial charge in [-0.1, -0.05) is 19.8 Å². The summed E-state index contributed by atoms with van der Waals surface area (Å²) < 4.78 is 10.8. The van der Waals surface area contributed by atoms with Crippen molar-refractivity contribution in [2.75, 3.05) is 6.61 Å². The van der Waals surface area contributed by atoms with Crippen molar-refractivity contribution in [3.63, 3.8) is 0 Å². The Morgan fingerprint density at radius 3 is 2.32 bits per heavy atom. The predicted molar refractivity (Wildman–Crippen MR) is 76.7 cm³/mol. The fraction of sp³-hybridized carbons (Fsp3) is 0.812. The van der Waals surface area contributed by atoms with Crippen LogP contribution in [0.5, 0.6) is 0 Å². The van der Waals surface area contributed by atoms with Crippen LogP contribution >= 0.6 is 0 Å². The van der Waals surface area contributed by atoms with Crippen molar-refractivity contribution in [1.82, 2.24) is 4.90 Å². The van der Waals surface area contributed by atoms with E-state index in [4.69, 9.17) is 9.47 Å². The molecule has 122 valence electrons. The molecule has 0 aromatic carbocycles. The molecule has 0 aliphatic carbocycles. The minimum Gasteiger partial charge on any atom is -0.464 e. The van der Waals surface area contributed by atoms with E-state index >= 15 is 0 Å². The van der Waals surface area contributed by atoms with Crippen LogP contribution in [0.15, 0.2) is 0 Å². The van der Waals surface area contributed by atoms with Gasteiger partial charge in [0, 0.05) is 0 Å². The highest BCUT2D eigenvalue weighted by atomic mass is 16.5. The number of imide groups is 1. The second kappa shape index (κ2) is 5.99. The molecule has 3 heterocycles. The molecule has 0 aromatic rings. The fourth-order valence-corrected chi connectivity index (χ4v) is 4.03. The normalized spacial score (nSPS) is 34.2. The van der Waals surface area contributed by atoms with Crippen molar-refractivity contribution in [2.24, 2.45) is 11.8 Å². The molecule has 5 unspecified atom stereocenters. The summed E-state index contributed by atoms with van der Waals surface area (Å²) in [5.41, 5.74) is 0. The third kappa shape index (κ3) is 2.24. The van der Waals surface area contributed by atoms with E-state index < -0.39 is 12.0 Å². The summed E-state index contributed by atoms with van der Waals surface area (Å²) in [4.78, 5) is 38.9. The first-order valence-corrected chi connectivity index (χ1v) is 8.29. The number of nitrogens with zero attached hydrogens (tertiary/aromatic N) is 1. The first kappa shape index (κ1) is 15.5. The molecule has 2 bridgehead atoms. The standard InChI is InChI=1S/C16H23NO5/c1-3-5-6-9(16(20)21-4-2)17-14(18)12-10-7-8-11(22-10)13(12)15(17)19/h9-13H,3-8H2,1-2H3. The molecule has 6 nitrogen and oxygen atoms in total. The molecule has 6 heteroatoms. The van der Waals surface area contributed by atoms with Crippen molar-refractivity contribution in [3.05, 3.63) is 0 Å². The average Bonchev–Trinajstić information content (AvgIpc) is 3.16. The molecule has 2 amide bonds. The molecule has 22 heavy (non-hydrogen) atoms. The van der Waals surface area contributed by atoms with Gasteiger partial charge in [0.1, 0.15) is 6.04 Å². The molecule has 0 aromatic heterocycles. The summed E-state index contributed by atoms with van der Waals surface area (Å²) in [6.07, 6.45) is 3.51. The summed E-state index contributed by atoms with van der Waals surface area (Å²) >= 11 is 0. The zero-order valence-corrected chi connectivity index (χ0v) is 13.1. The summed E-state index contributed by atoms with van der Waals surface area (Å²) in [7, 11) is 0. The van der Waals surface area contributed by atoms with Gasteiger partial charge < -0.3 is 9.47 Å². The number of fused-ring (bicyclic) bond motifs is 5. The van der Waals surface area contributed by atoms with E-state index in [1.807, 2.05) is 6.92 Å². The highest BCUT2D eigenvalue weighted by Gasteiger charge is 2.63. The van der Waals surface area contributed by atoms with Crippen LogP contribution in [0.25, 0.3) is 0 Å². The minimum absolute atomic E-state index is 0.148. The van der Waals surface area contributed by atoms with Gasteiger partial charge in [0.05, 0.1) is 30.7 Å². The second-order valence-corrected chi connectivity index (χ2v) is 6.30. The van der Waals surface area contributed by atoms with Crippen LogP contribution in [-0.2, 0) is 23.9 Å². The van der Waals surface area contributed by atoms with E-state index in [1.165, 1.54) is 4.90 Å². The summed E-state index contributed by atoms with van der Waals surface area (Å²) in [5.74, 6) is -1.71. The van der Waals surface area contributed by atoms with Crippen molar-refractivity contribution >= 4 is 17.8 Å². The number of carbonyl (C=O) groups is 3. The quantitative estimate of drug-likeness (QED) is 0.546. The SMILES string of the molecule is CCCCC(C(=O)OCC)N1C(=O)C2C3CCC(O3)C2C1=O. The molecule has 5 atom stereocenters. The van der Waals surface area contributed by atoms with Gasteiger partial charge in [-0.05, 0) is 26.2 Å². The average molecular weight is 309 g/mol. The number of amides is 2. The van der Waals surface area contributed by atoms with Crippen molar-refractivity contribution in [3.8, 4) is 0 Å². The predicted octanol–water partition coefficient (Wildman–Crippen LogP) is 1.27. The number of rotatable bonds is 6. The molecule has 0 saturated carbocycles. The van der Waals surface area contributed by atoms with Crippen LogP contribution in [0.3, 0.4) is 0 Å². The lowest BCUT2D eigenvalue weighted by atomic mass is 9.81. The molecule has 3 rings (SSSR count). The highest BCUT2D eigenvalue weighted by molar-refractivity contribution is 6.08. The Hall–Kier alpha value is -1.43. The van der Waals surface area contributed by atoms with Gasteiger partial charge in [0.25, 0.3) is 0 Å². The molecular weight excluding hydrogens is 286 g/mol. The summed E-state index contributed by atoms with van der Waals surface area (Å²) in [6.45, 7) is 3.99. The number of esters is 1. The van der Waals surface area contributed by atoms with Gasteiger partial charge in [-0.25, -0.2) is 4.79 Å². The van der Waals surface area contributed by atoms with E-state index in [0.717, 1.165) is 25.7 Å². The van der Waals surface area contributed by atoms with Crippen LogP contribution in [0.4, 0.5) is 0 Å². The Kier molecular flexibility index (Phi) is 4.21. The number of ether oxygens (including phenoxy) is 2. The monoisotopic (exact) mass is 309 g/mol. The molecule has 3 saturated heterocycles. The topological polar surface area (TPSA) is 72.9 Å². The van der Waals surface area contributed by atoms with Crippen LogP contribution < -0.4 is 0 Å². The lowest BCUT2D eigenvalue weighted by molar-refractivity contribution is -0.160. The number of likely N-dealkylation sites (tertiary alicyclic amines) is 1. The lowest BCUT2D eigenvalue weighted by Gasteiger charge is -2.26. The smallest absolute Gasteiger partial charge is 0.329 e. The molecule has 3 aliphatic rings. The maximum atomic E-state index is 12.7. The Bertz CT molecular complexity index is 463. The van der Waals surface area contributed by atoms with Crippen molar-refractivity contribution in [1.29, 1.82) is 0 Å². The number of hydrogen-bond donors (Lipinski definition) is 0. The Morgan fingerprint density at radius 2 is 1.82 bits per heavy atom. The number of carbonyl (C=O) groups excluding carboxylic acids is 3. The third-order valence-electron chi connectivity index (χ3n) is 5.02. The molecule has 3 fully saturated rings. The highest BCUT2D eigenvalue weighted by Crippen LogP contribution is 2.49. The number of unbranched alkanes of at least 4 members (excludes halogenated alkanes) is 1. The molecule has 3 aliphatic heterocycles.